The van der Waals surface area contributed by atoms with Crippen molar-refractivity contribution in [2.45, 2.75) is 39.2 Å². The smallest absolute Gasteiger partial charge is 0.287 e. The third kappa shape index (κ3) is 3.85. The highest BCUT2D eigenvalue weighted by atomic mass is 16.2. The minimum atomic E-state index is -0.133. The van der Waals surface area contributed by atoms with Crippen molar-refractivity contribution in [1.82, 2.24) is 0 Å². The first kappa shape index (κ1) is 16.7. The summed E-state index contributed by atoms with van der Waals surface area (Å²) in [6, 6.07) is 16.3. The van der Waals surface area contributed by atoms with Gasteiger partial charge in [-0.2, -0.15) is 0 Å². The van der Waals surface area contributed by atoms with Crippen LogP contribution >= 0.6 is 0 Å². The predicted molar refractivity (Wildman–Crippen MR) is 98.3 cm³/mol. The molecule has 3 rings (SSSR count). The number of anilines is 1. The maximum Gasteiger partial charge on any atom is 0.287 e. The quantitative estimate of drug-likeness (QED) is 0.891. The van der Waals surface area contributed by atoms with E-state index >= 15 is 0 Å². The van der Waals surface area contributed by atoms with Crippen LogP contribution < -0.4 is 10.2 Å². The second-order valence-corrected chi connectivity index (χ2v) is 6.87. The molecule has 3 heteroatoms. The molecule has 1 fully saturated rings. The summed E-state index contributed by atoms with van der Waals surface area (Å²) in [6.45, 7) is 6.24. The molecule has 1 heterocycles. The van der Waals surface area contributed by atoms with E-state index in [1.54, 1.807) is 0 Å². The molecule has 24 heavy (non-hydrogen) atoms. The second-order valence-electron chi connectivity index (χ2n) is 6.87. The van der Waals surface area contributed by atoms with Crippen LogP contribution in [-0.2, 0) is 4.79 Å². The summed E-state index contributed by atoms with van der Waals surface area (Å²) in [5.41, 5.74) is 4.31. The summed E-state index contributed by atoms with van der Waals surface area (Å²) in [7, 11) is 0. The first-order chi connectivity index (χ1) is 11.6. The highest BCUT2D eigenvalue weighted by Gasteiger charge is 2.32. The average molecular weight is 323 g/mol. The van der Waals surface area contributed by atoms with E-state index in [0.29, 0.717) is 0 Å². The molecule has 0 aliphatic carbocycles. The summed E-state index contributed by atoms with van der Waals surface area (Å²) in [4.78, 5) is 14.5. The lowest BCUT2D eigenvalue weighted by Gasteiger charge is -2.31. The average Bonchev–Trinajstić information content (AvgIpc) is 2.60. The van der Waals surface area contributed by atoms with Gasteiger partial charge in [0.05, 0.1) is 13.1 Å². The van der Waals surface area contributed by atoms with Gasteiger partial charge in [-0.05, 0) is 50.3 Å². The number of likely N-dealkylation sites (tertiary alicyclic amines) is 1. The van der Waals surface area contributed by atoms with E-state index in [9.17, 15) is 4.79 Å². The number of carbonyl (C=O) groups is 1. The van der Waals surface area contributed by atoms with Gasteiger partial charge < -0.3 is 10.2 Å². The fourth-order valence-corrected chi connectivity index (χ4v) is 3.59. The first-order valence-electron chi connectivity index (χ1n) is 8.93. The fraction of sp³-hybridized carbons (Fsp3) is 0.381. The molecule has 0 spiro atoms. The summed E-state index contributed by atoms with van der Waals surface area (Å²) >= 11 is 0. The molecule has 2 aromatic rings. The van der Waals surface area contributed by atoms with E-state index in [2.05, 4.69) is 42.6 Å². The van der Waals surface area contributed by atoms with Crippen molar-refractivity contribution in [3.05, 3.63) is 65.2 Å². The lowest BCUT2D eigenvalue weighted by molar-refractivity contribution is -0.926. The van der Waals surface area contributed by atoms with Crippen molar-refractivity contribution in [2.75, 3.05) is 18.4 Å². The Morgan fingerprint density at radius 1 is 1.00 bits per heavy atom. The van der Waals surface area contributed by atoms with Gasteiger partial charge in [0.2, 0.25) is 0 Å². The molecule has 2 aromatic carbocycles. The molecule has 1 atom stereocenters. The van der Waals surface area contributed by atoms with Crippen LogP contribution in [0.2, 0.25) is 0 Å². The molecule has 0 aromatic heterocycles. The van der Waals surface area contributed by atoms with E-state index in [0.717, 1.165) is 35.5 Å². The van der Waals surface area contributed by atoms with Gasteiger partial charge in [-0.3, -0.25) is 4.79 Å². The number of hydrogen-bond acceptors (Lipinski definition) is 1. The zero-order valence-corrected chi connectivity index (χ0v) is 14.6. The molecule has 0 unspecified atom stereocenters. The van der Waals surface area contributed by atoms with Crippen LogP contribution in [0.25, 0.3) is 0 Å². The number of hydrogen-bond donors (Lipinski definition) is 2. The van der Waals surface area contributed by atoms with Crippen LogP contribution in [0.1, 0.15) is 42.0 Å². The Labute approximate surface area is 144 Å². The molecule has 2 N–H and O–H groups in total. The molecule has 3 nitrogen and oxygen atoms in total. The van der Waals surface area contributed by atoms with Gasteiger partial charge in [-0.15, -0.1) is 0 Å². The highest BCUT2D eigenvalue weighted by Crippen LogP contribution is 2.19. The van der Waals surface area contributed by atoms with E-state index in [1.165, 1.54) is 24.2 Å². The Bertz CT molecular complexity index is 690. The maximum atomic E-state index is 13.1. The van der Waals surface area contributed by atoms with Crippen LogP contribution in [0, 0.1) is 13.8 Å². The Morgan fingerprint density at radius 2 is 1.71 bits per heavy atom. The number of piperidine rings is 1. The lowest BCUT2D eigenvalue weighted by atomic mass is 10.0. The van der Waals surface area contributed by atoms with E-state index in [1.807, 2.05) is 25.1 Å². The van der Waals surface area contributed by atoms with Crippen molar-refractivity contribution in [3.8, 4) is 0 Å². The van der Waals surface area contributed by atoms with Crippen LogP contribution in [0.3, 0.4) is 0 Å². The zero-order valence-electron chi connectivity index (χ0n) is 14.6. The number of nitrogens with one attached hydrogen (secondary N) is 2. The Morgan fingerprint density at radius 3 is 2.42 bits per heavy atom. The molecule has 1 aliphatic rings. The Kier molecular flexibility index (Phi) is 5.31. The standard InChI is InChI=1S/C21H26N2O/c1-16-11-12-17(2)19(15-16)22-21(24)20(18-9-5-3-6-10-18)23-13-7-4-8-14-23/h3,5-6,9-12,15,20H,4,7-8,13-14H2,1-2H3,(H,22,24)/p+1/t20-/m1/s1. The molecule has 1 amide bonds. The maximum absolute atomic E-state index is 13.1. The summed E-state index contributed by atoms with van der Waals surface area (Å²) in [5, 5.41) is 3.19. The summed E-state index contributed by atoms with van der Waals surface area (Å²) in [6.07, 6.45) is 3.69. The van der Waals surface area contributed by atoms with E-state index < -0.39 is 0 Å². The van der Waals surface area contributed by atoms with Crippen LogP contribution in [0.15, 0.2) is 48.5 Å². The molecule has 0 saturated carbocycles. The highest BCUT2D eigenvalue weighted by molar-refractivity contribution is 5.95. The number of carbonyl (C=O) groups excluding carboxylic acids is 1. The predicted octanol–water partition coefficient (Wildman–Crippen LogP) is 3.05. The van der Waals surface area contributed by atoms with Crippen molar-refractivity contribution in [2.24, 2.45) is 0 Å². The third-order valence-electron chi connectivity index (χ3n) is 4.95. The first-order valence-corrected chi connectivity index (χ1v) is 8.93. The van der Waals surface area contributed by atoms with Crippen LogP contribution in [0.4, 0.5) is 5.69 Å². The second kappa shape index (κ2) is 7.63. The third-order valence-corrected chi connectivity index (χ3v) is 4.95. The van der Waals surface area contributed by atoms with E-state index in [-0.39, 0.29) is 11.9 Å². The summed E-state index contributed by atoms with van der Waals surface area (Å²) < 4.78 is 0. The molecular weight excluding hydrogens is 296 g/mol. The van der Waals surface area contributed by atoms with Gasteiger partial charge in [-0.1, -0.05) is 42.5 Å². The molecule has 0 radical (unpaired) electrons. The Balaban J connectivity index is 1.87. The van der Waals surface area contributed by atoms with Crippen LogP contribution in [0.5, 0.6) is 0 Å². The lowest BCUT2D eigenvalue weighted by Crippen LogP contribution is -3.14. The van der Waals surface area contributed by atoms with Crippen LogP contribution in [-0.4, -0.2) is 19.0 Å². The molecular formula is C21H27N2O+. The zero-order chi connectivity index (χ0) is 16.9. The monoisotopic (exact) mass is 323 g/mol. The minimum absolute atomic E-state index is 0.104. The SMILES string of the molecule is Cc1ccc(C)c(NC(=O)[C@@H](c2ccccc2)[NH+]2CCCCC2)c1. The molecule has 126 valence electrons. The molecule has 0 bridgehead atoms. The van der Waals surface area contributed by atoms with Gasteiger partial charge in [0.25, 0.3) is 5.91 Å². The topological polar surface area (TPSA) is 33.5 Å². The van der Waals surface area contributed by atoms with Crippen molar-refractivity contribution in [3.63, 3.8) is 0 Å². The number of benzene rings is 2. The fourth-order valence-electron chi connectivity index (χ4n) is 3.59. The number of amides is 1. The normalized spacial score (nSPS) is 16.6. The number of aryl methyl sites for hydroxylation is 2. The largest absolute Gasteiger partial charge is 0.321 e. The van der Waals surface area contributed by atoms with Crippen molar-refractivity contribution < 1.29 is 9.69 Å². The van der Waals surface area contributed by atoms with Gasteiger partial charge in [-0.25, -0.2) is 0 Å². The van der Waals surface area contributed by atoms with Gasteiger partial charge in [0, 0.05) is 11.3 Å². The molecule has 1 saturated heterocycles. The van der Waals surface area contributed by atoms with Crippen molar-refractivity contribution in [1.29, 1.82) is 0 Å². The van der Waals surface area contributed by atoms with Crippen molar-refractivity contribution >= 4 is 11.6 Å². The Hall–Kier alpha value is -2.13. The summed E-state index contributed by atoms with van der Waals surface area (Å²) in [5.74, 6) is 0.104. The van der Waals surface area contributed by atoms with Gasteiger partial charge in [0.1, 0.15) is 0 Å². The van der Waals surface area contributed by atoms with Gasteiger partial charge >= 0.3 is 0 Å². The molecule has 1 aliphatic heterocycles. The number of quaternary nitrogens is 1. The number of rotatable bonds is 4. The van der Waals surface area contributed by atoms with E-state index in [4.69, 9.17) is 0 Å². The van der Waals surface area contributed by atoms with Gasteiger partial charge in [0.15, 0.2) is 6.04 Å². The minimum Gasteiger partial charge on any atom is -0.321 e.